The number of hydrogen-bond donors (Lipinski definition) is 1. The first-order valence-electron chi connectivity index (χ1n) is 11.5. The highest BCUT2D eigenvalue weighted by molar-refractivity contribution is 7.92. The molecule has 2 aromatic heterocycles. The maximum atomic E-state index is 13.1. The third-order valence-electron chi connectivity index (χ3n) is 6.11. The SMILES string of the molecule is CN[C@H](C)C(=O)CCc1cccc(Cn2nc(CS(=O)(=O)c3ccc(Cl)s3)c3c(OC)cccc32)c1.Cl. The lowest BCUT2D eigenvalue weighted by atomic mass is 10.0. The minimum Gasteiger partial charge on any atom is -0.496 e. The molecule has 37 heavy (non-hydrogen) atoms. The molecule has 4 aromatic rings. The number of thiophene rings is 1. The van der Waals surface area contributed by atoms with Crippen molar-refractivity contribution >= 4 is 61.9 Å². The van der Waals surface area contributed by atoms with E-state index in [1.54, 1.807) is 31.0 Å². The fourth-order valence-corrected chi connectivity index (χ4v) is 6.93. The first-order valence-corrected chi connectivity index (χ1v) is 14.3. The van der Waals surface area contributed by atoms with Crippen molar-refractivity contribution < 1.29 is 17.9 Å². The number of nitrogens with one attached hydrogen (secondary N) is 1. The van der Waals surface area contributed by atoms with E-state index < -0.39 is 9.84 Å². The summed E-state index contributed by atoms with van der Waals surface area (Å²) in [6.07, 6.45) is 1.11. The second-order valence-electron chi connectivity index (χ2n) is 8.57. The van der Waals surface area contributed by atoms with Crippen LogP contribution >= 0.6 is 35.3 Å². The van der Waals surface area contributed by atoms with E-state index in [4.69, 9.17) is 21.4 Å². The summed E-state index contributed by atoms with van der Waals surface area (Å²) in [6.45, 7) is 2.31. The lowest BCUT2D eigenvalue weighted by molar-refractivity contribution is -0.120. The predicted molar refractivity (Wildman–Crippen MR) is 151 cm³/mol. The predicted octanol–water partition coefficient (Wildman–Crippen LogP) is 5.31. The largest absolute Gasteiger partial charge is 0.496 e. The van der Waals surface area contributed by atoms with Crippen molar-refractivity contribution in [2.24, 2.45) is 0 Å². The molecule has 0 bridgehead atoms. The van der Waals surface area contributed by atoms with Crippen LogP contribution in [0.25, 0.3) is 10.9 Å². The maximum absolute atomic E-state index is 13.1. The van der Waals surface area contributed by atoms with Gasteiger partial charge in [0, 0.05) is 6.42 Å². The van der Waals surface area contributed by atoms with E-state index >= 15 is 0 Å². The van der Waals surface area contributed by atoms with E-state index in [-0.39, 0.29) is 34.2 Å². The molecular weight excluding hydrogens is 553 g/mol. The van der Waals surface area contributed by atoms with Crippen molar-refractivity contribution in [3.05, 3.63) is 75.8 Å². The maximum Gasteiger partial charge on any atom is 0.193 e. The Kier molecular flexibility index (Phi) is 9.77. The number of ketones is 1. The highest BCUT2D eigenvalue weighted by Crippen LogP contribution is 2.33. The number of hydrogen-bond acceptors (Lipinski definition) is 7. The summed E-state index contributed by atoms with van der Waals surface area (Å²) in [6, 6.07) is 16.5. The Balaban J connectivity index is 0.00000380. The molecule has 0 unspecified atom stereocenters. The number of sulfone groups is 1. The zero-order valence-electron chi connectivity index (χ0n) is 20.7. The molecule has 0 saturated carbocycles. The minimum atomic E-state index is -3.63. The fourth-order valence-electron chi connectivity index (χ4n) is 4.08. The average Bonchev–Trinajstić information content (AvgIpc) is 3.46. The molecule has 0 aliphatic carbocycles. The van der Waals surface area contributed by atoms with Gasteiger partial charge in [0.05, 0.1) is 40.6 Å². The van der Waals surface area contributed by atoms with E-state index in [1.165, 1.54) is 6.07 Å². The van der Waals surface area contributed by atoms with Crippen LogP contribution in [0.1, 0.15) is 30.2 Å². The fraction of sp³-hybridized carbons (Fsp3) is 0.308. The molecule has 0 saturated heterocycles. The summed E-state index contributed by atoms with van der Waals surface area (Å²) in [5.41, 5.74) is 3.28. The molecule has 4 rings (SSSR count). The van der Waals surface area contributed by atoms with Gasteiger partial charge in [0.1, 0.15) is 21.5 Å². The van der Waals surface area contributed by atoms with Crippen molar-refractivity contribution in [2.75, 3.05) is 14.2 Å². The number of aryl methyl sites for hydroxylation is 1. The Hall–Kier alpha value is -2.43. The van der Waals surface area contributed by atoms with Crippen LogP contribution in [0.15, 0.2) is 58.8 Å². The summed E-state index contributed by atoms with van der Waals surface area (Å²) in [7, 11) is -0.296. The topological polar surface area (TPSA) is 90.3 Å². The van der Waals surface area contributed by atoms with E-state index in [0.717, 1.165) is 28.0 Å². The number of halogens is 2. The number of benzene rings is 2. The number of carbonyl (C=O) groups is 1. The number of methoxy groups -OCH3 is 1. The van der Waals surface area contributed by atoms with Gasteiger partial charge in [0.15, 0.2) is 9.84 Å². The summed E-state index contributed by atoms with van der Waals surface area (Å²) < 4.78 is 34.2. The molecule has 0 aliphatic rings. The van der Waals surface area contributed by atoms with Gasteiger partial charge in [-0.2, -0.15) is 5.10 Å². The zero-order valence-corrected chi connectivity index (χ0v) is 23.9. The van der Waals surface area contributed by atoms with Crippen LogP contribution in [0, 0.1) is 0 Å². The molecule has 1 atom stereocenters. The van der Waals surface area contributed by atoms with Gasteiger partial charge < -0.3 is 10.1 Å². The first-order chi connectivity index (χ1) is 17.2. The van der Waals surface area contributed by atoms with Crippen LogP contribution in [0.5, 0.6) is 5.75 Å². The summed E-state index contributed by atoms with van der Waals surface area (Å²) in [4.78, 5) is 12.2. The molecule has 0 spiro atoms. The number of aromatic nitrogens is 2. The molecule has 198 valence electrons. The zero-order chi connectivity index (χ0) is 25.9. The second-order valence-corrected chi connectivity index (χ2v) is 12.5. The highest BCUT2D eigenvalue weighted by atomic mass is 35.5. The van der Waals surface area contributed by atoms with Crippen LogP contribution in [-0.2, 0) is 33.4 Å². The average molecular weight is 583 g/mol. The van der Waals surface area contributed by atoms with Crippen molar-refractivity contribution in [1.82, 2.24) is 15.1 Å². The third-order valence-corrected chi connectivity index (χ3v) is 9.55. The quantitative estimate of drug-likeness (QED) is 0.258. The summed E-state index contributed by atoms with van der Waals surface area (Å²) >= 11 is 7.01. The monoisotopic (exact) mass is 581 g/mol. The van der Waals surface area contributed by atoms with Crippen molar-refractivity contribution in [3.8, 4) is 5.75 Å². The van der Waals surface area contributed by atoms with Crippen molar-refractivity contribution in [2.45, 2.75) is 42.3 Å². The number of carbonyl (C=O) groups excluding carboxylic acids is 1. The Morgan fingerprint density at radius 3 is 2.57 bits per heavy atom. The van der Waals surface area contributed by atoms with E-state index in [1.807, 2.05) is 37.3 Å². The molecular formula is C26H29Cl2N3O4S2. The minimum absolute atomic E-state index is 0. The van der Waals surface area contributed by atoms with Gasteiger partial charge in [-0.15, -0.1) is 23.7 Å². The highest BCUT2D eigenvalue weighted by Gasteiger charge is 2.24. The smallest absolute Gasteiger partial charge is 0.193 e. The number of nitrogens with zero attached hydrogens (tertiary/aromatic N) is 2. The van der Waals surface area contributed by atoms with Crippen LogP contribution in [0.4, 0.5) is 0 Å². The lowest BCUT2D eigenvalue weighted by Crippen LogP contribution is -2.30. The molecule has 0 radical (unpaired) electrons. The number of rotatable bonds is 11. The van der Waals surface area contributed by atoms with Crippen LogP contribution in [-0.4, -0.2) is 44.2 Å². The summed E-state index contributed by atoms with van der Waals surface area (Å²) in [5.74, 6) is 0.476. The normalized spacial score (nSPS) is 12.3. The number of Topliss-reactive ketones (excluding diaryl/α,β-unsaturated/α-hetero) is 1. The standard InChI is InChI=1S/C26H28ClN3O4S2.ClH/c1-17(28-2)22(31)11-10-18-6-4-7-19(14-18)15-30-21-8-5-9-23(34-3)26(21)20(29-30)16-36(32,33)25-13-12-24(27)35-25;/h4-9,12-14,17,28H,10-11,15-16H2,1-3H3;1H/t17-;/m1./s1. The van der Waals surface area contributed by atoms with E-state index in [0.29, 0.717) is 40.6 Å². The Bertz CT molecular complexity index is 1500. The van der Waals surface area contributed by atoms with E-state index in [9.17, 15) is 13.2 Å². The second kappa shape index (κ2) is 12.4. The van der Waals surface area contributed by atoms with Gasteiger partial charge in [-0.3, -0.25) is 9.48 Å². The van der Waals surface area contributed by atoms with Gasteiger partial charge in [0.25, 0.3) is 0 Å². The Morgan fingerprint density at radius 1 is 1.16 bits per heavy atom. The molecule has 11 heteroatoms. The van der Waals surface area contributed by atoms with E-state index in [2.05, 4.69) is 11.4 Å². The molecule has 7 nitrogen and oxygen atoms in total. The van der Waals surface area contributed by atoms with Gasteiger partial charge in [-0.25, -0.2) is 8.42 Å². The molecule has 0 amide bonds. The summed E-state index contributed by atoms with van der Waals surface area (Å²) in [5, 5.41) is 8.37. The number of likely N-dealkylation sites (N-methyl/N-ethyl adjacent to an activating group) is 1. The molecule has 2 heterocycles. The first kappa shape index (κ1) is 29.1. The van der Waals surface area contributed by atoms with Gasteiger partial charge in [0.2, 0.25) is 0 Å². The number of fused-ring (bicyclic) bond motifs is 1. The van der Waals surface area contributed by atoms with Gasteiger partial charge in [-0.1, -0.05) is 41.9 Å². The van der Waals surface area contributed by atoms with Crippen molar-refractivity contribution in [1.29, 1.82) is 0 Å². The molecule has 2 aromatic carbocycles. The molecule has 1 N–H and O–H groups in total. The third kappa shape index (κ3) is 6.72. The Labute approximate surface area is 232 Å². The van der Waals surface area contributed by atoms with Crippen LogP contribution < -0.4 is 10.1 Å². The number of ether oxygens (including phenoxy) is 1. The van der Waals surface area contributed by atoms with Gasteiger partial charge >= 0.3 is 0 Å². The van der Waals surface area contributed by atoms with Crippen LogP contribution in [0.2, 0.25) is 4.34 Å². The Morgan fingerprint density at radius 2 is 1.89 bits per heavy atom. The van der Waals surface area contributed by atoms with Gasteiger partial charge in [-0.05, 0) is 55.8 Å². The molecule has 0 aliphatic heterocycles. The van der Waals surface area contributed by atoms with Crippen LogP contribution in [0.3, 0.4) is 0 Å². The molecule has 0 fully saturated rings. The lowest BCUT2D eigenvalue weighted by Gasteiger charge is -2.10. The van der Waals surface area contributed by atoms with Crippen molar-refractivity contribution in [3.63, 3.8) is 0 Å².